The molecule has 1 aromatic heterocycles. The van der Waals surface area contributed by atoms with Crippen LogP contribution in [0.3, 0.4) is 0 Å². The molecule has 0 aliphatic carbocycles. The molecule has 176 valence electrons. The Morgan fingerprint density at radius 2 is 2.03 bits per heavy atom. The van der Waals surface area contributed by atoms with Gasteiger partial charge in [-0.05, 0) is 37.0 Å². The van der Waals surface area contributed by atoms with E-state index >= 15 is 0 Å². The van der Waals surface area contributed by atoms with E-state index in [1.54, 1.807) is 29.1 Å². The third-order valence-electron chi connectivity index (χ3n) is 5.47. The zero-order valence-electron chi connectivity index (χ0n) is 18.3. The number of nitrogens with zero attached hydrogens (tertiary/aromatic N) is 4. The lowest BCUT2D eigenvalue weighted by molar-refractivity contribution is -0.182. The van der Waals surface area contributed by atoms with Crippen LogP contribution < -0.4 is 4.74 Å². The maximum absolute atomic E-state index is 13.6. The van der Waals surface area contributed by atoms with Gasteiger partial charge in [0, 0.05) is 23.6 Å². The molecule has 1 saturated heterocycles. The highest BCUT2D eigenvalue weighted by molar-refractivity contribution is 9.10. The Hall–Kier alpha value is -1.53. The van der Waals surface area contributed by atoms with Crippen molar-refractivity contribution in [2.24, 2.45) is 5.92 Å². The molecule has 0 saturated carbocycles. The van der Waals surface area contributed by atoms with E-state index in [4.69, 9.17) is 14.2 Å². The Kier molecular flexibility index (Phi) is 7.51. The van der Waals surface area contributed by atoms with Gasteiger partial charge in [-0.3, -0.25) is 4.68 Å². The van der Waals surface area contributed by atoms with Crippen LogP contribution in [0.25, 0.3) is 0 Å². The second-order valence-corrected chi connectivity index (χ2v) is 11.3. The van der Waals surface area contributed by atoms with Crippen LogP contribution in [0.15, 0.2) is 33.8 Å². The summed E-state index contributed by atoms with van der Waals surface area (Å²) in [5.41, 5.74) is 0.591. The quantitative estimate of drug-likeness (QED) is 0.544. The molecule has 4 rings (SSSR count). The number of hydrogen-bond donors (Lipinski definition) is 0. The maximum Gasteiger partial charge on any atom is 0.247 e. The average Bonchev–Trinajstić information content (AvgIpc) is 3.18. The molecule has 1 atom stereocenters. The second kappa shape index (κ2) is 10.2. The zero-order valence-corrected chi connectivity index (χ0v) is 20.7. The SMILES string of the molecule is CC(C)C[C@@H]1COc2cc(Br)ccc2S(=O)(=O)N1Cc1cn(CCC2OCCCO2)nn1. The third-order valence-corrected chi connectivity index (χ3v) is 7.90. The first-order valence-electron chi connectivity index (χ1n) is 10.9. The summed E-state index contributed by atoms with van der Waals surface area (Å²) in [7, 11) is -3.78. The van der Waals surface area contributed by atoms with Crippen LogP contribution in [0.2, 0.25) is 0 Å². The molecule has 2 aromatic rings. The minimum Gasteiger partial charge on any atom is -0.490 e. The van der Waals surface area contributed by atoms with E-state index in [-0.39, 0.29) is 30.4 Å². The molecule has 2 aliphatic rings. The standard InChI is InChI=1S/C21H29BrN4O5S/c1-15(2)10-18-14-31-19-11-16(22)4-5-20(19)32(27,28)26(18)13-17-12-25(24-23-17)7-6-21-29-8-3-9-30-21/h4-5,11-12,15,18,21H,3,6-10,13-14H2,1-2H3/t18-/m1/s1. The molecule has 9 nitrogen and oxygen atoms in total. The van der Waals surface area contributed by atoms with Crippen molar-refractivity contribution in [1.29, 1.82) is 0 Å². The minimum absolute atomic E-state index is 0.134. The van der Waals surface area contributed by atoms with Crippen LogP contribution in [0.5, 0.6) is 5.75 Å². The normalized spacial score (nSPS) is 21.8. The van der Waals surface area contributed by atoms with Crippen molar-refractivity contribution >= 4 is 26.0 Å². The van der Waals surface area contributed by atoms with Gasteiger partial charge in [-0.2, -0.15) is 4.31 Å². The predicted octanol–water partition coefficient (Wildman–Crippen LogP) is 3.19. The molecule has 32 heavy (non-hydrogen) atoms. The molecule has 3 heterocycles. The first-order chi connectivity index (χ1) is 15.3. The van der Waals surface area contributed by atoms with Gasteiger partial charge in [-0.15, -0.1) is 5.10 Å². The highest BCUT2D eigenvalue weighted by Crippen LogP contribution is 2.35. The van der Waals surface area contributed by atoms with E-state index in [1.807, 2.05) is 0 Å². The number of rotatable bonds is 7. The van der Waals surface area contributed by atoms with Gasteiger partial charge in [0.25, 0.3) is 0 Å². The topological polar surface area (TPSA) is 95.8 Å². The monoisotopic (exact) mass is 528 g/mol. The van der Waals surface area contributed by atoms with Crippen LogP contribution in [-0.2, 0) is 32.6 Å². The van der Waals surface area contributed by atoms with Gasteiger partial charge in [0.2, 0.25) is 10.0 Å². The van der Waals surface area contributed by atoms with Gasteiger partial charge in [-0.25, -0.2) is 8.42 Å². The summed E-state index contributed by atoms with van der Waals surface area (Å²) in [5.74, 6) is 0.673. The van der Waals surface area contributed by atoms with Crippen molar-refractivity contribution in [3.05, 3.63) is 34.6 Å². The number of aryl methyl sites for hydroxylation is 1. The van der Waals surface area contributed by atoms with Crippen LogP contribution in [0, 0.1) is 5.92 Å². The molecule has 2 aliphatic heterocycles. The van der Waals surface area contributed by atoms with E-state index in [1.165, 1.54) is 4.31 Å². The summed E-state index contributed by atoms with van der Waals surface area (Å²) >= 11 is 3.40. The van der Waals surface area contributed by atoms with Gasteiger partial charge >= 0.3 is 0 Å². The average molecular weight is 529 g/mol. The lowest BCUT2D eigenvalue weighted by Gasteiger charge is -2.28. The Bertz CT molecular complexity index is 1020. The predicted molar refractivity (Wildman–Crippen MR) is 121 cm³/mol. The Labute approximate surface area is 197 Å². The van der Waals surface area contributed by atoms with Crippen LogP contribution in [0.1, 0.15) is 38.8 Å². The van der Waals surface area contributed by atoms with Gasteiger partial charge in [0.05, 0.1) is 31.5 Å². The molecule has 1 aromatic carbocycles. The van der Waals surface area contributed by atoms with Crippen molar-refractivity contribution in [3.8, 4) is 5.75 Å². The summed E-state index contributed by atoms with van der Waals surface area (Å²) in [4.78, 5) is 0.172. The van der Waals surface area contributed by atoms with Crippen LogP contribution in [-0.4, -0.2) is 59.9 Å². The van der Waals surface area contributed by atoms with Crippen molar-refractivity contribution in [2.75, 3.05) is 19.8 Å². The van der Waals surface area contributed by atoms with E-state index < -0.39 is 10.0 Å². The smallest absolute Gasteiger partial charge is 0.247 e. The molecule has 0 amide bonds. The number of fused-ring (bicyclic) bond motifs is 1. The van der Waals surface area contributed by atoms with E-state index in [0.29, 0.717) is 50.0 Å². The van der Waals surface area contributed by atoms with Gasteiger partial charge in [0.15, 0.2) is 6.29 Å². The Morgan fingerprint density at radius 1 is 1.25 bits per heavy atom. The van der Waals surface area contributed by atoms with Crippen molar-refractivity contribution in [3.63, 3.8) is 0 Å². The highest BCUT2D eigenvalue weighted by Gasteiger charge is 2.38. The lowest BCUT2D eigenvalue weighted by atomic mass is 10.0. The molecular formula is C21H29BrN4O5S. The first kappa shape index (κ1) is 23.6. The largest absolute Gasteiger partial charge is 0.490 e. The van der Waals surface area contributed by atoms with Crippen molar-refractivity contribution < 1.29 is 22.6 Å². The number of ether oxygens (including phenoxy) is 3. The Morgan fingerprint density at radius 3 is 2.78 bits per heavy atom. The molecule has 0 radical (unpaired) electrons. The zero-order chi connectivity index (χ0) is 22.7. The van der Waals surface area contributed by atoms with E-state index in [0.717, 1.165) is 10.9 Å². The highest BCUT2D eigenvalue weighted by atomic mass is 79.9. The summed E-state index contributed by atoms with van der Waals surface area (Å²) < 4.78 is 48.3. The number of sulfonamides is 1. The van der Waals surface area contributed by atoms with E-state index in [9.17, 15) is 8.42 Å². The fourth-order valence-electron chi connectivity index (χ4n) is 3.96. The lowest BCUT2D eigenvalue weighted by Crippen LogP contribution is -2.42. The first-order valence-corrected chi connectivity index (χ1v) is 13.1. The molecule has 0 bridgehead atoms. The van der Waals surface area contributed by atoms with Crippen molar-refractivity contribution in [2.45, 2.75) is 63.4 Å². The van der Waals surface area contributed by atoms with Crippen molar-refractivity contribution in [1.82, 2.24) is 19.3 Å². The fourth-order valence-corrected chi connectivity index (χ4v) is 6.01. The Balaban J connectivity index is 1.53. The number of benzene rings is 1. The summed E-state index contributed by atoms with van der Waals surface area (Å²) in [6.45, 7) is 6.56. The van der Waals surface area contributed by atoms with Gasteiger partial charge < -0.3 is 14.2 Å². The molecule has 0 unspecified atom stereocenters. The third kappa shape index (κ3) is 5.51. The van der Waals surface area contributed by atoms with Gasteiger partial charge in [-0.1, -0.05) is 35.0 Å². The molecule has 11 heteroatoms. The summed E-state index contributed by atoms with van der Waals surface area (Å²) in [6, 6.07) is 4.70. The molecule has 0 N–H and O–H groups in total. The number of halogens is 1. The number of hydrogen-bond acceptors (Lipinski definition) is 7. The number of aromatic nitrogens is 3. The molecule has 0 spiro atoms. The maximum atomic E-state index is 13.6. The fraction of sp³-hybridized carbons (Fsp3) is 0.619. The second-order valence-electron chi connectivity index (χ2n) is 8.52. The van der Waals surface area contributed by atoms with Gasteiger partial charge in [0.1, 0.15) is 17.3 Å². The minimum atomic E-state index is -3.78. The van der Waals surface area contributed by atoms with E-state index in [2.05, 4.69) is 40.1 Å². The summed E-state index contributed by atoms with van der Waals surface area (Å²) in [5, 5.41) is 8.41. The molecule has 1 fully saturated rings. The van der Waals surface area contributed by atoms with Crippen LogP contribution >= 0.6 is 15.9 Å². The van der Waals surface area contributed by atoms with Crippen LogP contribution in [0.4, 0.5) is 0 Å². The molecular weight excluding hydrogens is 500 g/mol. The summed E-state index contributed by atoms with van der Waals surface area (Å²) in [6.07, 6.45) is 3.82.